The zero-order chi connectivity index (χ0) is 18.9. The van der Waals surface area contributed by atoms with E-state index in [9.17, 15) is 9.59 Å². The van der Waals surface area contributed by atoms with E-state index in [2.05, 4.69) is 29.4 Å². The van der Waals surface area contributed by atoms with Crippen LogP contribution in [0.2, 0.25) is 0 Å². The molecule has 1 aliphatic rings. The summed E-state index contributed by atoms with van der Waals surface area (Å²) in [5, 5.41) is 5.76. The number of benzene rings is 1. The smallest absolute Gasteiger partial charge is 0.315 e. The minimum absolute atomic E-state index is 0.0163. The molecule has 0 aromatic heterocycles. The van der Waals surface area contributed by atoms with Crippen LogP contribution in [-0.4, -0.2) is 62.2 Å². The largest absolute Gasteiger partial charge is 0.494 e. The molecule has 1 fully saturated rings. The summed E-state index contributed by atoms with van der Waals surface area (Å²) in [6.07, 6.45) is 0.316. The summed E-state index contributed by atoms with van der Waals surface area (Å²) in [5.74, 6) is 0.799. The predicted molar refractivity (Wildman–Crippen MR) is 103 cm³/mol. The van der Waals surface area contributed by atoms with Crippen LogP contribution in [0.3, 0.4) is 0 Å². The van der Waals surface area contributed by atoms with E-state index >= 15 is 0 Å². The zero-order valence-electron chi connectivity index (χ0n) is 16.0. The third kappa shape index (κ3) is 5.62. The van der Waals surface area contributed by atoms with Crippen LogP contribution in [0.1, 0.15) is 27.2 Å². The zero-order valence-corrected chi connectivity index (χ0v) is 16.0. The van der Waals surface area contributed by atoms with Gasteiger partial charge >= 0.3 is 6.03 Å². The van der Waals surface area contributed by atoms with Gasteiger partial charge in [0.15, 0.2) is 0 Å². The molecule has 2 N–H and O–H groups in total. The van der Waals surface area contributed by atoms with Gasteiger partial charge in [0.25, 0.3) is 0 Å². The Morgan fingerprint density at radius 3 is 2.54 bits per heavy atom. The molecule has 0 aliphatic carbocycles. The molecule has 1 aromatic carbocycles. The number of amides is 3. The van der Waals surface area contributed by atoms with Crippen molar-refractivity contribution in [1.29, 1.82) is 0 Å². The first kappa shape index (κ1) is 20.0. The molecule has 7 heteroatoms. The number of likely N-dealkylation sites (N-methyl/N-ethyl adjacent to an activating group) is 1. The Bertz CT molecular complexity index is 587. The van der Waals surface area contributed by atoms with Crippen LogP contribution < -0.4 is 20.3 Å². The van der Waals surface area contributed by atoms with Crippen molar-refractivity contribution < 1.29 is 14.3 Å². The lowest BCUT2D eigenvalue weighted by Crippen LogP contribution is -2.45. The predicted octanol–water partition coefficient (Wildman–Crippen LogP) is 1.83. The first-order chi connectivity index (χ1) is 12.6. The second-order valence-corrected chi connectivity index (χ2v) is 6.26. The van der Waals surface area contributed by atoms with Crippen molar-refractivity contribution in [2.24, 2.45) is 0 Å². The number of nitrogens with one attached hydrogen (secondary N) is 2. The van der Waals surface area contributed by atoms with Crippen LogP contribution in [0.25, 0.3) is 0 Å². The minimum Gasteiger partial charge on any atom is -0.494 e. The summed E-state index contributed by atoms with van der Waals surface area (Å²) in [6, 6.07) is 7.05. The van der Waals surface area contributed by atoms with Gasteiger partial charge < -0.3 is 25.2 Å². The summed E-state index contributed by atoms with van der Waals surface area (Å²) < 4.78 is 5.42. The van der Waals surface area contributed by atoms with Gasteiger partial charge in [0, 0.05) is 31.7 Å². The van der Waals surface area contributed by atoms with Gasteiger partial charge in [0.05, 0.1) is 12.6 Å². The van der Waals surface area contributed by atoms with Crippen molar-refractivity contribution >= 4 is 17.6 Å². The Balaban J connectivity index is 1.80. The van der Waals surface area contributed by atoms with Crippen molar-refractivity contribution in [3.63, 3.8) is 0 Å². The normalized spacial score (nSPS) is 16.8. The fourth-order valence-electron chi connectivity index (χ4n) is 3.05. The maximum Gasteiger partial charge on any atom is 0.315 e. The van der Waals surface area contributed by atoms with Crippen molar-refractivity contribution in [1.82, 2.24) is 15.5 Å². The molecule has 0 radical (unpaired) electrons. The number of carbonyl (C=O) groups excluding carboxylic acids is 2. The minimum atomic E-state index is -0.219. The van der Waals surface area contributed by atoms with Gasteiger partial charge in [0.1, 0.15) is 5.75 Å². The molecule has 144 valence electrons. The summed E-state index contributed by atoms with van der Waals surface area (Å²) in [6.45, 7) is 10.6. The van der Waals surface area contributed by atoms with Crippen LogP contribution in [0.5, 0.6) is 5.75 Å². The average molecular weight is 362 g/mol. The van der Waals surface area contributed by atoms with Crippen LogP contribution in [-0.2, 0) is 4.79 Å². The number of rotatable bonds is 9. The molecule has 26 heavy (non-hydrogen) atoms. The topological polar surface area (TPSA) is 73.9 Å². The Labute approximate surface area is 155 Å². The standard InChI is InChI=1S/C19H30N4O3/c1-4-22(5-2)12-11-20-19(25)21-15-13-18(24)23(14-15)16-7-9-17(10-8-16)26-6-3/h7-10,15H,4-6,11-14H2,1-3H3,(H2,20,21,25). The fourth-order valence-corrected chi connectivity index (χ4v) is 3.05. The highest BCUT2D eigenvalue weighted by molar-refractivity contribution is 5.96. The average Bonchev–Trinajstić information content (AvgIpc) is 3.00. The summed E-state index contributed by atoms with van der Waals surface area (Å²) in [7, 11) is 0. The number of anilines is 1. The lowest BCUT2D eigenvalue weighted by atomic mass is 10.2. The van der Waals surface area contributed by atoms with Gasteiger partial charge in [-0.3, -0.25) is 4.79 Å². The van der Waals surface area contributed by atoms with Gasteiger partial charge in [0.2, 0.25) is 5.91 Å². The molecule has 1 aliphatic heterocycles. The molecule has 3 amide bonds. The molecular weight excluding hydrogens is 332 g/mol. The van der Waals surface area contributed by atoms with Crippen LogP contribution in [0.15, 0.2) is 24.3 Å². The maximum atomic E-state index is 12.3. The van der Waals surface area contributed by atoms with Crippen molar-refractivity contribution in [3.8, 4) is 5.75 Å². The molecule has 1 heterocycles. The molecule has 7 nitrogen and oxygen atoms in total. The van der Waals surface area contributed by atoms with E-state index in [0.29, 0.717) is 26.1 Å². The quantitative estimate of drug-likeness (QED) is 0.703. The van der Waals surface area contributed by atoms with Gasteiger partial charge in [-0.2, -0.15) is 0 Å². The molecule has 1 saturated heterocycles. The van der Waals surface area contributed by atoms with Gasteiger partial charge in [-0.15, -0.1) is 0 Å². The van der Waals surface area contributed by atoms with E-state index in [1.165, 1.54) is 0 Å². The van der Waals surface area contributed by atoms with Crippen molar-refractivity contribution in [2.45, 2.75) is 33.2 Å². The van der Waals surface area contributed by atoms with Crippen LogP contribution >= 0.6 is 0 Å². The SMILES string of the molecule is CCOc1ccc(N2CC(NC(=O)NCCN(CC)CC)CC2=O)cc1. The number of nitrogens with zero attached hydrogens (tertiary/aromatic N) is 2. The van der Waals surface area contributed by atoms with E-state index < -0.39 is 0 Å². The molecular formula is C19H30N4O3. The van der Waals surface area contributed by atoms with Gasteiger partial charge in [-0.25, -0.2) is 4.79 Å². The molecule has 0 bridgehead atoms. The lowest BCUT2D eigenvalue weighted by molar-refractivity contribution is -0.117. The van der Waals surface area contributed by atoms with Gasteiger partial charge in [-0.1, -0.05) is 13.8 Å². The Hall–Kier alpha value is -2.28. The molecule has 0 spiro atoms. The molecule has 0 saturated carbocycles. The molecule has 2 rings (SSSR count). The number of ether oxygens (including phenoxy) is 1. The van der Waals surface area contributed by atoms with E-state index in [0.717, 1.165) is 31.1 Å². The van der Waals surface area contributed by atoms with E-state index in [4.69, 9.17) is 4.74 Å². The van der Waals surface area contributed by atoms with Crippen LogP contribution in [0.4, 0.5) is 10.5 Å². The Morgan fingerprint density at radius 2 is 1.92 bits per heavy atom. The monoisotopic (exact) mass is 362 g/mol. The second kappa shape index (κ2) is 10.0. The van der Waals surface area contributed by atoms with Crippen molar-refractivity contribution in [2.75, 3.05) is 44.2 Å². The number of carbonyl (C=O) groups is 2. The third-order valence-electron chi connectivity index (χ3n) is 4.53. The summed E-state index contributed by atoms with van der Waals surface area (Å²) in [4.78, 5) is 28.3. The van der Waals surface area contributed by atoms with Crippen molar-refractivity contribution in [3.05, 3.63) is 24.3 Å². The number of hydrogen-bond donors (Lipinski definition) is 2. The Kier molecular flexibility index (Phi) is 7.72. The molecule has 1 aromatic rings. The summed E-state index contributed by atoms with van der Waals surface area (Å²) in [5.41, 5.74) is 0.824. The highest BCUT2D eigenvalue weighted by Gasteiger charge is 2.31. The lowest BCUT2D eigenvalue weighted by Gasteiger charge is -2.19. The number of hydrogen-bond acceptors (Lipinski definition) is 4. The first-order valence-corrected chi connectivity index (χ1v) is 9.37. The van der Waals surface area contributed by atoms with E-state index in [-0.39, 0.29) is 18.0 Å². The van der Waals surface area contributed by atoms with Gasteiger partial charge in [-0.05, 0) is 44.3 Å². The Morgan fingerprint density at radius 1 is 1.23 bits per heavy atom. The van der Waals surface area contributed by atoms with Crippen LogP contribution in [0, 0.1) is 0 Å². The fraction of sp³-hybridized carbons (Fsp3) is 0.579. The highest BCUT2D eigenvalue weighted by Crippen LogP contribution is 2.24. The number of urea groups is 1. The molecule has 1 atom stereocenters. The van der Waals surface area contributed by atoms with E-state index in [1.54, 1.807) is 4.90 Å². The maximum absolute atomic E-state index is 12.3. The third-order valence-corrected chi connectivity index (χ3v) is 4.53. The molecule has 1 unspecified atom stereocenters. The second-order valence-electron chi connectivity index (χ2n) is 6.26. The van der Waals surface area contributed by atoms with E-state index in [1.807, 2.05) is 31.2 Å². The summed E-state index contributed by atoms with van der Waals surface area (Å²) >= 11 is 0. The first-order valence-electron chi connectivity index (χ1n) is 9.37. The highest BCUT2D eigenvalue weighted by atomic mass is 16.5.